The Balaban J connectivity index is 1.78. The van der Waals surface area contributed by atoms with Gasteiger partial charge in [-0.05, 0) is 44.0 Å². The number of fused-ring (bicyclic) bond motifs is 1. The minimum atomic E-state index is 0.280. The van der Waals surface area contributed by atoms with Crippen LogP contribution in [-0.2, 0) is 6.54 Å². The van der Waals surface area contributed by atoms with Crippen LogP contribution in [0.4, 0.5) is 0 Å². The molecule has 0 unspecified atom stereocenters. The lowest BCUT2D eigenvalue weighted by Crippen LogP contribution is -2.03. The summed E-state index contributed by atoms with van der Waals surface area (Å²) in [4.78, 5) is 4.76. The highest BCUT2D eigenvalue weighted by molar-refractivity contribution is 5.81. The van der Waals surface area contributed by atoms with Crippen LogP contribution in [0, 0.1) is 6.92 Å². The molecule has 0 radical (unpaired) electrons. The van der Waals surface area contributed by atoms with E-state index >= 15 is 0 Å². The molecule has 3 aromatic rings. The predicted molar refractivity (Wildman–Crippen MR) is 107 cm³/mol. The third kappa shape index (κ3) is 3.55. The number of benzene rings is 2. The van der Waals surface area contributed by atoms with Crippen molar-refractivity contribution in [3.05, 3.63) is 54.4 Å². The SMILES string of the molecule is Cc1cc2c(cc1-c1c(-c3ccccc3)ncn1CCCCCN)OCO2. The van der Waals surface area contributed by atoms with E-state index in [0.29, 0.717) is 0 Å². The Morgan fingerprint density at radius 1 is 1.04 bits per heavy atom. The molecule has 0 spiro atoms. The number of rotatable bonds is 7. The molecule has 2 N–H and O–H groups in total. The summed E-state index contributed by atoms with van der Waals surface area (Å²) >= 11 is 0. The molecule has 1 aliphatic heterocycles. The minimum Gasteiger partial charge on any atom is -0.454 e. The Bertz CT molecular complexity index is 919. The van der Waals surface area contributed by atoms with Crippen LogP contribution in [0.25, 0.3) is 22.5 Å². The van der Waals surface area contributed by atoms with Gasteiger partial charge in [-0.25, -0.2) is 4.98 Å². The van der Waals surface area contributed by atoms with Gasteiger partial charge in [-0.15, -0.1) is 0 Å². The number of ether oxygens (including phenoxy) is 2. The fraction of sp³-hybridized carbons (Fsp3) is 0.318. The van der Waals surface area contributed by atoms with Gasteiger partial charge in [-0.3, -0.25) is 0 Å². The molecule has 0 aliphatic carbocycles. The number of hydrogen-bond donors (Lipinski definition) is 1. The lowest BCUT2D eigenvalue weighted by molar-refractivity contribution is 0.174. The number of unbranched alkanes of at least 4 members (excludes halogenated alkanes) is 2. The van der Waals surface area contributed by atoms with Gasteiger partial charge in [0.25, 0.3) is 0 Å². The first-order chi connectivity index (χ1) is 13.3. The number of nitrogens with two attached hydrogens (primary N) is 1. The van der Waals surface area contributed by atoms with Gasteiger partial charge in [-0.1, -0.05) is 36.8 Å². The van der Waals surface area contributed by atoms with Gasteiger partial charge in [0.05, 0.1) is 17.7 Å². The molecule has 0 atom stereocenters. The second kappa shape index (κ2) is 7.84. The molecule has 140 valence electrons. The summed E-state index contributed by atoms with van der Waals surface area (Å²) in [5.74, 6) is 1.61. The van der Waals surface area contributed by atoms with E-state index in [-0.39, 0.29) is 6.79 Å². The fourth-order valence-corrected chi connectivity index (χ4v) is 3.54. The molecule has 2 heterocycles. The molecule has 5 nitrogen and oxygen atoms in total. The van der Waals surface area contributed by atoms with E-state index in [0.717, 1.165) is 71.9 Å². The van der Waals surface area contributed by atoms with Crippen LogP contribution in [0.3, 0.4) is 0 Å². The zero-order valence-corrected chi connectivity index (χ0v) is 15.6. The molecule has 1 aromatic heterocycles. The van der Waals surface area contributed by atoms with Crippen molar-refractivity contribution in [3.63, 3.8) is 0 Å². The van der Waals surface area contributed by atoms with Crippen LogP contribution in [0.1, 0.15) is 24.8 Å². The van der Waals surface area contributed by atoms with Crippen LogP contribution >= 0.6 is 0 Å². The van der Waals surface area contributed by atoms with Gasteiger partial charge in [0.2, 0.25) is 6.79 Å². The predicted octanol–water partition coefficient (Wildman–Crippen LogP) is 4.38. The number of hydrogen-bond acceptors (Lipinski definition) is 4. The average Bonchev–Trinajstić information content (AvgIpc) is 3.31. The Kier molecular flexibility index (Phi) is 5.12. The Morgan fingerprint density at radius 2 is 1.81 bits per heavy atom. The average molecular weight is 363 g/mol. The highest BCUT2D eigenvalue weighted by atomic mass is 16.7. The molecular formula is C22H25N3O2. The molecule has 0 fully saturated rings. The van der Waals surface area contributed by atoms with E-state index in [4.69, 9.17) is 20.2 Å². The maximum absolute atomic E-state index is 5.64. The van der Waals surface area contributed by atoms with Crippen molar-refractivity contribution in [3.8, 4) is 34.0 Å². The van der Waals surface area contributed by atoms with Crippen LogP contribution in [0.15, 0.2) is 48.8 Å². The lowest BCUT2D eigenvalue weighted by atomic mass is 10.00. The quantitative estimate of drug-likeness (QED) is 0.633. The Hall–Kier alpha value is -2.79. The Labute approximate surface area is 159 Å². The smallest absolute Gasteiger partial charge is 0.231 e. The van der Waals surface area contributed by atoms with E-state index < -0.39 is 0 Å². The molecule has 0 amide bonds. The molecule has 1 aliphatic rings. The third-order valence-corrected chi connectivity index (χ3v) is 4.96. The van der Waals surface area contributed by atoms with E-state index in [9.17, 15) is 0 Å². The van der Waals surface area contributed by atoms with Crippen molar-refractivity contribution in [1.82, 2.24) is 9.55 Å². The number of aryl methyl sites for hydroxylation is 2. The summed E-state index contributed by atoms with van der Waals surface area (Å²) in [6.45, 7) is 4.05. The second-order valence-electron chi connectivity index (χ2n) is 6.87. The summed E-state index contributed by atoms with van der Waals surface area (Å²) in [7, 11) is 0. The molecule has 0 bridgehead atoms. The first-order valence-corrected chi connectivity index (χ1v) is 9.49. The monoisotopic (exact) mass is 363 g/mol. The first kappa shape index (κ1) is 17.6. The van der Waals surface area contributed by atoms with Gasteiger partial charge in [-0.2, -0.15) is 0 Å². The topological polar surface area (TPSA) is 62.3 Å². The first-order valence-electron chi connectivity index (χ1n) is 9.49. The summed E-state index contributed by atoms with van der Waals surface area (Å²) in [5.41, 5.74) is 11.2. The Morgan fingerprint density at radius 3 is 2.59 bits per heavy atom. The number of imidazole rings is 1. The fourth-order valence-electron chi connectivity index (χ4n) is 3.54. The summed E-state index contributed by atoms with van der Waals surface area (Å²) in [5, 5.41) is 0. The van der Waals surface area contributed by atoms with Crippen LogP contribution in [0.5, 0.6) is 11.5 Å². The molecular weight excluding hydrogens is 338 g/mol. The number of aromatic nitrogens is 2. The van der Waals surface area contributed by atoms with Crippen LogP contribution < -0.4 is 15.2 Å². The van der Waals surface area contributed by atoms with Gasteiger partial charge in [0, 0.05) is 17.7 Å². The van der Waals surface area contributed by atoms with Crippen LogP contribution in [0.2, 0.25) is 0 Å². The van der Waals surface area contributed by atoms with Crippen molar-refractivity contribution in [1.29, 1.82) is 0 Å². The van der Waals surface area contributed by atoms with E-state index in [1.165, 1.54) is 0 Å². The van der Waals surface area contributed by atoms with Crippen molar-refractivity contribution >= 4 is 0 Å². The van der Waals surface area contributed by atoms with E-state index in [2.05, 4.69) is 35.8 Å². The van der Waals surface area contributed by atoms with Crippen LogP contribution in [-0.4, -0.2) is 22.9 Å². The second-order valence-corrected chi connectivity index (χ2v) is 6.87. The zero-order valence-electron chi connectivity index (χ0n) is 15.6. The van der Waals surface area contributed by atoms with Crippen molar-refractivity contribution in [2.24, 2.45) is 5.73 Å². The molecule has 27 heavy (non-hydrogen) atoms. The standard InChI is InChI=1S/C22H25N3O2/c1-16-12-19-20(27-15-26-19)13-18(16)22-21(17-8-4-2-5-9-17)24-14-25(22)11-7-3-6-10-23/h2,4-5,8-9,12-14H,3,6-7,10-11,15,23H2,1H3. The summed E-state index contributed by atoms with van der Waals surface area (Å²) in [6, 6.07) is 14.5. The molecule has 0 saturated heterocycles. The number of nitrogens with zero attached hydrogens (tertiary/aromatic N) is 2. The van der Waals surface area contributed by atoms with Crippen molar-refractivity contribution in [2.45, 2.75) is 32.7 Å². The summed E-state index contributed by atoms with van der Waals surface area (Å²) in [6.07, 6.45) is 5.20. The van der Waals surface area contributed by atoms with E-state index in [1.807, 2.05) is 24.5 Å². The maximum atomic E-state index is 5.64. The van der Waals surface area contributed by atoms with Crippen molar-refractivity contribution in [2.75, 3.05) is 13.3 Å². The highest BCUT2D eigenvalue weighted by Crippen LogP contribution is 2.41. The molecule has 5 heteroatoms. The normalized spacial score (nSPS) is 12.5. The zero-order chi connectivity index (χ0) is 18.6. The maximum Gasteiger partial charge on any atom is 0.231 e. The largest absolute Gasteiger partial charge is 0.454 e. The lowest BCUT2D eigenvalue weighted by Gasteiger charge is -2.14. The van der Waals surface area contributed by atoms with Gasteiger partial charge in [0.1, 0.15) is 0 Å². The van der Waals surface area contributed by atoms with Gasteiger partial charge >= 0.3 is 0 Å². The molecule has 0 saturated carbocycles. The van der Waals surface area contributed by atoms with Gasteiger partial charge in [0.15, 0.2) is 11.5 Å². The molecule has 2 aromatic carbocycles. The third-order valence-electron chi connectivity index (χ3n) is 4.96. The highest BCUT2D eigenvalue weighted by Gasteiger charge is 2.21. The van der Waals surface area contributed by atoms with Gasteiger partial charge < -0.3 is 19.8 Å². The van der Waals surface area contributed by atoms with Crippen molar-refractivity contribution < 1.29 is 9.47 Å². The summed E-state index contributed by atoms with van der Waals surface area (Å²) < 4.78 is 13.4. The minimum absolute atomic E-state index is 0.280. The van der Waals surface area contributed by atoms with E-state index in [1.54, 1.807) is 0 Å². The molecule has 4 rings (SSSR count).